The Bertz CT molecular complexity index is 714. The van der Waals surface area contributed by atoms with Gasteiger partial charge in [0, 0.05) is 20.2 Å². The average molecular weight is 344 g/mol. The van der Waals surface area contributed by atoms with E-state index in [1.807, 2.05) is 25.1 Å². The molecule has 0 saturated carbocycles. The Morgan fingerprint density at radius 3 is 2.88 bits per heavy atom. The Labute approximate surface area is 149 Å². The number of aromatic nitrogens is 2. The Kier molecular flexibility index (Phi) is 5.71. The number of carbonyl (C=O) groups is 1. The summed E-state index contributed by atoms with van der Waals surface area (Å²) in [5, 5.41) is 6.44. The monoisotopic (exact) mass is 344 g/mol. The van der Waals surface area contributed by atoms with Gasteiger partial charge in [0.1, 0.15) is 5.82 Å². The highest BCUT2D eigenvalue weighted by molar-refractivity contribution is 5.83. The van der Waals surface area contributed by atoms with Gasteiger partial charge in [0.05, 0.1) is 23.1 Å². The molecule has 0 spiro atoms. The number of benzene rings is 1. The summed E-state index contributed by atoms with van der Waals surface area (Å²) in [6.45, 7) is 5.79. The maximum atomic E-state index is 12.7. The maximum absolute atomic E-state index is 12.7. The van der Waals surface area contributed by atoms with E-state index in [9.17, 15) is 4.79 Å². The number of hydrogen-bond donors (Lipinski definition) is 2. The van der Waals surface area contributed by atoms with Crippen LogP contribution in [0.2, 0.25) is 0 Å². The summed E-state index contributed by atoms with van der Waals surface area (Å²) in [5.41, 5.74) is 1.80. The quantitative estimate of drug-likeness (QED) is 0.753. The van der Waals surface area contributed by atoms with Crippen LogP contribution in [0.1, 0.15) is 25.1 Å². The van der Waals surface area contributed by atoms with Crippen molar-refractivity contribution in [2.45, 2.75) is 32.7 Å². The van der Waals surface area contributed by atoms with Crippen molar-refractivity contribution in [1.82, 2.24) is 20.2 Å². The molecule has 6 nitrogen and oxygen atoms in total. The van der Waals surface area contributed by atoms with Gasteiger partial charge < -0.3 is 19.9 Å². The Hall–Kier alpha value is -1.92. The molecule has 1 aliphatic rings. The predicted molar refractivity (Wildman–Crippen MR) is 98.5 cm³/mol. The molecule has 1 aromatic carbocycles. The number of ether oxygens (including phenoxy) is 1. The average Bonchev–Trinajstić information content (AvgIpc) is 2.95. The lowest BCUT2D eigenvalue weighted by atomic mass is 9.78. The van der Waals surface area contributed by atoms with Crippen molar-refractivity contribution in [3.05, 3.63) is 30.1 Å². The third-order valence-corrected chi connectivity index (χ3v) is 5.15. The molecule has 1 saturated heterocycles. The van der Waals surface area contributed by atoms with E-state index in [1.165, 1.54) is 0 Å². The molecule has 0 bridgehead atoms. The van der Waals surface area contributed by atoms with E-state index in [1.54, 1.807) is 7.11 Å². The molecule has 0 radical (unpaired) electrons. The molecule has 0 aliphatic carbocycles. The molecule has 2 N–H and O–H groups in total. The zero-order valence-electron chi connectivity index (χ0n) is 15.2. The summed E-state index contributed by atoms with van der Waals surface area (Å²) in [6.07, 6.45) is 2.55. The number of aryl methyl sites for hydroxylation is 2. The van der Waals surface area contributed by atoms with Gasteiger partial charge in [-0.2, -0.15) is 0 Å². The minimum Gasteiger partial charge on any atom is -0.384 e. The molecule has 3 rings (SSSR count). The fourth-order valence-electron chi connectivity index (χ4n) is 3.72. The lowest BCUT2D eigenvalue weighted by Gasteiger charge is -2.35. The molecular formula is C19H28N4O2. The van der Waals surface area contributed by atoms with Crippen LogP contribution in [0.25, 0.3) is 11.0 Å². The van der Waals surface area contributed by atoms with Gasteiger partial charge in [0.15, 0.2) is 0 Å². The van der Waals surface area contributed by atoms with Crippen molar-refractivity contribution in [1.29, 1.82) is 0 Å². The van der Waals surface area contributed by atoms with E-state index >= 15 is 0 Å². The summed E-state index contributed by atoms with van der Waals surface area (Å²) in [7, 11) is 1.67. The number of amides is 1. The molecule has 2 heterocycles. The number of piperidine rings is 1. The molecular weight excluding hydrogens is 316 g/mol. The smallest absolute Gasteiger partial charge is 0.228 e. The number of carbonyl (C=O) groups excluding carboxylic acids is 1. The first-order chi connectivity index (χ1) is 12.2. The number of methoxy groups -OCH3 is 1. The zero-order chi connectivity index (χ0) is 17.7. The van der Waals surface area contributed by atoms with Crippen LogP contribution in [-0.4, -0.2) is 48.8 Å². The molecule has 0 atom stereocenters. The van der Waals surface area contributed by atoms with Crippen molar-refractivity contribution in [3.8, 4) is 0 Å². The molecule has 1 aromatic heterocycles. The van der Waals surface area contributed by atoms with E-state index in [0.29, 0.717) is 13.2 Å². The summed E-state index contributed by atoms with van der Waals surface area (Å²) in [4.78, 5) is 17.3. The standard InChI is InChI=1S/C19H28N4O2/c1-15-22-16-6-3-4-7-17(16)23(15)13-5-10-21-18(24)19(14-25-2)8-11-20-12-9-19/h3-4,6-7,20H,5,8-14H2,1-2H3,(H,21,24). The fourth-order valence-corrected chi connectivity index (χ4v) is 3.72. The van der Waals surface area contributed by atoms with E-state index in [2.05, 4.69) is 26.3 Å². The molecule has 1 amide bonds. The maximum Gasteiger partial charge on any atom is 0.228 e. The van der Waals surface area contributed by atoms with Crippen LogP contribution in [0, 0.1) is 12.3 Å². The van der Waals surface area contributed by atoms with E-state index in [0.717, 1.165) is 55.8 Å². The molecule has 0 unspecified atom stereocenters. The largest absolute Gasteiger partial charge is 0.384 e. The minimum atomic E-state index is -0.377. The second-order valence-corrected chi connectivity index (χ2v) is 6.87. The van der Waals surface area contributed by atoms with Crippen LogP contribution in [0.15, 0.2) is 24.3 Å². The Morgan fingerprint density at radius 1 is 1.36 bits per heavy atom. The Morgan fingerprint density at radius 2 is 2.12 bits per heavy atom. The van der Waals surface area contributed by atoms with Gasteiger partial charge in [-0.05, 0) is 51.4 Å². The minimum absolute atomic E-state index is 0.128. The summed E-state index contributed by atoms with van der Waals surface area (Å²) < 4.78 is 7.55. The number of fused-ring (bicyclic) bond motifs is 1. The van der Waals surface area contributed by atoms with Gasteiger partial charge >= 0.3 is 0 Å². The van der Waals surface area contributed by atoms with E-state index in [-0.39, 0.29) is 11.3 Å². The van der Waals surface area contributed by atoms with E-state index in [4.69, 9.17) is 4.74 Å². The number of nitrogens with one attached hydrogen (secondary N) is 2. The summed E-state index contributed by atoms with van der Waals surface area (Å²) in [6, 6.07) is 8.17. The second-order valence-electron chi connectivity index (χ2n) is 6.87. The van der Waals surface area contributed by atoms with Crippen LogP contribution >= 0.6 is 0 Å². The fraction of sp³-hybridized carbons (Fsp3) is 0.579. The number of nitrogens with zero attached hydrogens (tertiary/aromatic N) is 2. The van der Waals surface area contributed by atoms with Gasteiger partial charge in [-0.3, -0.25) is 4.79 Å². The van der Waals surface area contributed by atoms with Crippen LogP contribution < -0.4 is 10.6 Å². The predicted octanol–water partition coefficient (Wildman–Crippen LogP) is 1.87. The van der Waals surface area contributed by atoms with Crippen molar-refractivity contribution in [2.75, 3.05) is 33.4 Å². The van der Waals surface area contributed by atoms with Gasteiger partial charge in [-0.25, -0.2) is 4.98 Å². The van der Waals surface area contributed by atoms with Gasteiger partial charge in [0.25, 0.3) is 0 Å². The molecule has 1 aliphatic heterocycles. The van der Waals surface area contributed by atoms with Gasteiger partial charge in [-0.1, -0.05) is 12.1 Å². The third-order valence-electron chi connectivity index (χ3n) is 5.15. The molecule has 6 heteroatoms. The second kappa shape index (κ2) is 7.97. The summed E-state index contributed by atoms with van der Waals surface area (Å²) >= 11 is 0. The number of hydrogen-bond acceptors (Lipinski definition) is 4. The van der Waals surface area contributed by atoms with Crippen LogP contribution in [0.5, 0.6) is 0 Å². The molecule has 136 valence electrons. The van der Waals surface area contributed by atoms with Crippen molar-refractivity contribution in [3.63, 3.8) is 0 Å². The van der Waals surface area contributed by atoms with Gasteiger partial charge in [0.2, 0.25) is 5.91 Å². The first-order valence-electron chi connectivity index (χ1n) is 9.06. The highest BCUT2D eigenvalue weighted by atomic mass is 16.5. The topological polar surface area (TPSA) is 68.2 Å². The Balaban J connectivity index is 1.55. The number of para-hydroxylation sites is 2. The normalized spacial score (nSPS) is 16.9. The highest BCUT2D eigenvalue weighted by Crippen LogP contribution is 2.29. The first kappa shape index (κ1) is 17.9. The third kappa shape index (κ3) is 3.85. The van der Waals surface area contributed by atoms with Crippen LogP contribution in [0.3, 0.4) is 0 Å². The van der Waals surface area contributed by atoms with Crippen LogP contribution in [0.4, 0.5) is 0 Å². The van der Waals surface area contributed by atoms with E-state index < -0.39 is 0 Å². The van der Waals surface area contributed by atoms with Gasteiger partial charge in [-0.15, -0.1) is 0 Å². The summed E-state index contributed by atoms with van der Waals surface area (Å²) in [5.74, 6) is 1.14. The number of imidazole rings is 1. The zero-order valence-corrected chi connectivity index (χ0v) is 15.2. The SMILES string of the molecule is COCC1(C(=O)NCCCn2c(C)nc3ccccc32)CCNCC1. The first-order valence-corrected chi connectivity index (χ1v) is 9.06. The lowest BCUT2D eigenvalue weighted by Crippen LogP contribution is -2.50. The molecule has 1 fully saturated rings. The number of rotatable bonds is 7. The molecule has 25 heavy (non-hydrogen) atoms. The highest BCUT2D eigenvalue weighted by Gasteiger charge is 2.39. The van der Waals surface area contributed by atoms with Crippen molar-refractivity contribution in [2.24, 2.45) is 5.41 Å². The van der Waals surface area contributed by atoms with Crippen molar-refractivity contribution >= 4 is 16.9 Å². The molecule has 2 aromatic rings. The lowest BCUT2D eigenvalue weighted by molar-refractivity contribution is -0.136. The van der Waals surface area contributed by atoms with Crippen LogP contribution in [-0.2, 0) is 16.1 Å². The van der Waals surface area contributed by atoms with Crippen molar-refractivity contribution < 1.29 is 9.53 Å².